The second-order valence-corrected chi connectivity index (χ2v) is 6.29. The summed E-state index contributed by atoms with van der Waals surface area (Å²) in [6.45, 7) is 6.63. The van der Waals surface area contributed by atoms with Gasteiger partial charge in [0.25, 0.3) is 0 Å². The molecular formula is C18H24N4. The summed E-state index contributed by atoms with van der Waals surface area (Å²) >= 11 is 0. The average molecular weight is 296 g/mol. The van der Waals surface area contributed by atoms with Gasteiger partial charge in [0.2, 0.25) is 0 Å². The minimum atomic E-state index is 0.675. The van der Waals surface area contributed by atoms with Crippen LogP contribution in [0.5, 0.6) is 0 Å². The summed E-state index contributed by atoms with van der Waals surface area (Å²) in [7, 11) is 0. The summed E-state index contributed by atoms with van der Waals surface area (Å²) in [5.74, 6) is 1.57. The summed E-state index contributed by atoms with van der Waals surface area (Å²) in [5.41, 5.74) is 10.0. The number of nitrogens with one attached hydrogen (secondary N) is 1. The number of rotatable bonds is 3. The molecule has 4 nitrogen and oxygen atoms in total. The van der Waals surface area contributed by atoms with Crippen LogP contribution in [0, 0.1) is 12.8 Å². The number of aryl methyl sites for hydroxylation is 1. The maximum Gasteiger partial charge on any atom is 0.153 e. The van der Waals surface area contributed by atoms with Crippen LogP contribution < -0.4 is 16.0 Å². The first-order valence-corrected chi connectivity index (χ1v) is 7.96. The molecule has 1 aliphatic heterocycles. The summed E-state index contributed by atoms with van der Waals surface area (Å²) in [6, 6.07) is 10.5. The molecule has 0 radical (unpaired) electrons. The molecular weight excluding hydrogens is 272 g/mol. The SMILES string of the molecule is Cc1cnc(Nc2ccc(N3CCC(C)CC3)cc2)c(N)c1. The van der Waals surface area contributed by atoms with Gasteiger partial charge in [-0.25, -0.2) is 4.98 Å². The largest absolute Gasteiger partial charge is 0.396 e. The quantitative estimate of drug-likeness (QED) is 0.900. The van der Waals surface area contributed by atoms with Crippen LogP contribution in [0.4, 0.5) is 22.9 Å². The molecule has 4 heteroatoms. The van der Waals surface area contributed by atoms with E-state index in [9.17, 15) is 0 Å². The minimum absolute atomic E-state index is 0.675. The van der Waals surface area contributed by atoms with Crippen molar-refractivity contribution in [2.24, 2.45) is 5.92 Å². The van der Waals surface area contributed by atoms with Crippen molar-refractivity contribution in [3.63, 3.8) is 0 Å². The zero-order chi connectivity index (χ0) is 15.5. The van der Waals surface area contributed by atoms with E-state index in [-0.39, 0.29) is 0 Å². The van der Waals surface area contributed by atoms with Crippen molar-refractivity contribution < 1.29 is 0 Å². The van der Waals surface area contributed by atoms with Crippen LogP contribution in [0.3, 0.4) is 0 Å². The van der Waals surface area contributed by atoms with Crippen molar-refractivity contribution in [1.82, 2.24) is 4.98 Å². The van der Waals surface area contributed by atoms with E-state index < -0.39 is 0 Å². The average Bonchev–Trinajstić information content (AvgIpc) is 2.52. The first kappa shape index (κ1) is 14.7. The number of aromatic nitrogens is 1. The number of hydrogen-bond acceptors (Lipinski definition) is 4. The minimum Gasteiger partial charge on any atom is -0.396 e. The van der Waals surface area contributed by atoms with Gasteiger partial charge in [-0.1, -0.05) is 6.92 Å². The Balaban J connectivity index is 1.69. The molecule has 1 saturated heterocycles. The number of nitrogen functional groups attached to an aromatic ring is 1. The van der Waals surface area contributed by atoms with Crippen LogP contribution in [-0.2, 0) is 0 Å². The topological polar surface area (TPSA) is 54.2 Å². The number of pyridine rings is 1. The lowest BCUT2D eigenvalue weighted by atomic mass is 9.99. The second-order valence-electron chi connectivity index (χ2n) is 6.29. The molecule has 3 rings (SSSR count). The lowest BCUT2D eigenvalue weighted by Crippen LogP contribution is -2.32. The van der Waals surface area contributed by atoms with E-state index in [1.54, 1.807) is 0 Å². The Bertz CT molecular complexity index is 628. The summed E-state index contributed by atoms with van der Waals surface area (Å²) in [4.78, 5) is 6.81. The Labute approximate surface area is 132 Å². The van der Waals surface area contributed by atoms with Gasteiger partial charge in [-0.3, -0.25) is 0 Å². The van der Waals surface area contributed by atoms with Crippen LogP contribution in [0.25, 0.3) is 0 Å². The van der Waals surface area contributed by atoms with Crippen LogP contribution in [0.2, 0.25) is 0 Å². The Morgan fingerprint density at radius 2 is 1.86 bits per heavy atom. The maximum absolute atomic E-state index is 6.00. The lowest BCUT2D eigenvalue weighted by molar-refractivity contribution is 0.438. The van der Waals surface area contributed by atoms with Crippen LogP contribution >= 0.6 is 0 Å². The highest BCUT2D eigenvalue weighted by atomic mass is 15.1. The lowest BCUT2D eigenvalue weighted by Gasteiger charge is -2.32. The zero-order valence-electron chi connectivity index (χ0n) is 13.3. The fourth-order valence-corrected chi connectivity index (χ4v) is 2.86. The molecule has 3 N–H and O–H groups in total. The van der Waals surface area contributed by atoms with Crippen molar-refractivity contribution in [3.05, 3.63) is 42.1 Å². The number of piperidine rings is 1. The van der Waals surface area contributed by atoms with Crippen molar-refractivity contribution in [2.45, 2.75) is 26.7 Å². The van der Waals surface area contributed by atoms with Gasteiger partial charge < -0.3 is 16.0 Å². The van der Waals surface area contributed by atoms with Gasteiger partial charge in [-0.2, -0.15) is 0 Å². The summed E-state index contributed by atoms with van der Waals surface area (Å²) in [6.07, 6.45) is 4.38. The Hall–Kier alpha value is -2.23. The third-order valence-corrected chi connectivity index (χ3v) is 4.33. The van der Waals surface area contributed by atoms with Crippen LogP contribution in [-0.4, -0.2) is 18.1 Å². The van der Waals surface area contributed by atoms with E-state index in [1.165, 1.54) is 18.5 Å². The molecule has 0 unspecified atom stereocenters. The fourth-order valence-electron chi connectivity index (χ4n) is 2.86. The number of nitrogens with two attached hydrogens (primary N) is 1. The van der Waals surface area contributed by atoms with Crippen LogP contribution in [0.15, 0.2) is 36.5 Å². The zero-order valence-corrected chi connectivity index (χ0v) is 13.3. The predicted molar refractivity (Wildman–Crippen MR) is 93.7 cm³/mol. The third kappa shape index (κ3) is 3.32. The van der Waals surface area contributed by atoms with Gasteiger partial charge >= 0.3 is 0 Å². The maximum atomic E-state index is 6.00. The van der Waals surface area contributed by atoms with Crippen molar-refractivity contribution in [3.8, 4) is 0 Å². The van der Waals surface area contributed by atoms with Crippen molar-refractivity contribution in [1.29, 1.82) is 0 Å². The Morgan fingerprint density at radius 3 is 2.50 bits per heavy atom. The number of anilines is 4. The fraction of sp³-hybridized carbons (Fsp3) is 0.389. The molecule has 1 aromatic heterocycles. The van der Waals surface area contributed by atoms with E-state index in [0.29, 0.717) is 11.5 Å². The molecule has 0 amide bonds. The normalized spacial score (nSPS) is 15.8. The molecule has 0 aliphatic carbocycles. The van der Waals surface area contributed by atoms with Gasteiger partial charge in [-0.05, 0) is 61.6 Å². The molecule has 0 spiro atoms. The molecule has 2 heterocycles. The highest BCUT2D eigenvalue weighted by Crippen LogP contribution is 2.26. The van der Waals surface area contributed by atoms with E-state index in [0.717, 1.165) is 30.3 Å². The van der Waals surface area contributed by atoms with Gasteiger partial charge in [0.15, 0.2) is 5.82 Å². The Morgan fingerprint density at radius 1 is 1.18 bits per heavy atom. The first-order chi connectivity index (χ1) is 10.6. The molecule has 1 fully saturated rings. The first-order valence-electron chi connectivity index (χ1n) is 7.96. The van der Waals surface area contributed by atoms with E-state index in [2.05, 4.69) is 46.4 Å². The highest BCUT2D eigenvalue weighted by Gasteiger charge is 2.15. The van der Waals surface area contributed by atoms with Crippen molar-refractivity contribution >= 4 is 22.9 Å². The molecule has 1 aromatic carbocycles. The van der Waals surface area contributed by atoms with Gasteiger partial charge in [-0.15, -0.1) is 0 Å². The number of hydrogen-bond donors (Lipinski definition) is 2. The predicted octanol–water partition coefficient (Wildman–Crippen LogP) is 3.95. The van der Waals surface area contributed by atoms with Crippen LogP contribution in [0.1, 0.15) is 25.3 Å². The molecule has 0 atom stereocenters. The molecule has 0 saturated carbocycles. The molecule has 22 heavy (non-hydrogen) atoms. The highest BCUT2D eigenvalue weighted by molar-refractivity contribution is 5.70. The van der Waals surface area contributed by atoms with E-state index in [1.807, 2.05) is 19.2 Å². The molecule has 1 aliphatic rings. The van der Waals surface area contributed by atoms with Gasteiger partial charge in [0, 0.05) is 30.7 Å². The molecule has 0 bridgehead atoms. The second kappa shape index (κ2) is 6.26. The third-order valence-electron chi connectivity index (χ3n) is 4.33. The molecule has 116 valence electrons. The summed E-state index contributed by atoms with van der Waals surface area (Å²) < 4.78 is 0. The van der Waals surface area contributed by atoms with E-state index >= 15 is 0 Å². The van der Waals surface area contributed by atoms with Crippen molar-refractivity contribution in [2.75, 3.05) is 29.0 Å². The smallest absolute Gasteiger partial charge is 0.153 e. The van der Waals surface area contributed by atoms with Gasteiger partial charge in [0.05, 0.1) is 5.69 Å². The van der Waals surface area contributed by atoms with Gasteiger partial charge in [0.1, 0.15) is 0 Å². The number of benzene rings is 1. The summed E-state index contributed by atoms with van der Waals surface area (Å²) in [5, 5.41) is 3.28. The standard InChI is InChI=1S/C18H24N4/c1-13-7-9-22(10-8-13)16-5-3-15(4-6-16)21-18-17(19)11-14(2)12-20-18/h3-6,11-13H,7-10,19H2,1-2H3,(H,20,21). The Kier molecular flexibility index (Phi) is 4.18. The molecule has 2 aromatic rings. The van der Waals surface area contributed by atoms with E-state index in [4.69, 9.17) is 5.73 Å². The number of nitrogens with zero attached hydrogens (tertiary/aromatic N) is 2. The monoisotopic (exact) mass is 296 g/mol.